The molecule has 3 aromatic carbocycles. The normalized spacial score (nSPS) is 27.6. The minimum Gasteiger partial charge on any atom is -0.857 e. The first-order chi connectivity index (χ1) is 26.1. The summed E-state index contributed by atoms with van der Waals surface area (Å²) in [5.74, 6) is -3.20. The van der Waals surface area contributed by atoms with Gasteiger partial charge in [-0.05, 0) is 36.2 Å². The van der Waals surface area contributed by atoms with Gasteiger partial charge in [-0.25, -0.2) is 14.9 Å². The SMILES string of the molecule is N=C1N=C([O-])C2=NC[NH+](c3ccccc3[C@@H]3CCOC[C@H]4O[C@H](Oc5c3cc3c(c5OCCO)C(=O)c5cc(CO)ccc5C3=O)[C@@H](O)[C@H](O)[C@H]4O)C2=N1. The van der Waals surface area contributed by atoms with E-state index in [0.29, 0.717) is 21.7 Å². The Bertz CT molecular complexity index is 2170. The highest BCUT2D eigenvalue weighted by molar-refractivity contribution is 6.66. The van der Waals surface area contributed by atoms with Gasteiger partial charge in [0.15, 0.2) is 35.4 Å². The van der Waals surface area contributed by atoms with Gasteiger partial charge in [0.25, 0.3) is 5.84 Å². The molecule has 0 amide bonds. The molecule has 4 heterocycles. The molecule has 0 saturated carbocycles. The lowest BCUT2D eigenvalue weighted by atomic mass is 9.78. The predicted octanol–water partition coefficient (Wildman–Crippen LogP) is -1.90. The quantitative estimate of drug-likeness (QED) is 0.114. The van der Waals surface area contributed by atoms with Crippen LogP contribution in [0.15, 0.2) is 63.5 Å². The number of aliphatic hydroxyl groups is 5. The molecule has 1 aliphatic carbocycles. The maximum atomic E-state index is 14.4. The Labute approximate surface area is 306 Å². The fourth-order valence-corrected chi connectivity index (χ4v) is 7.54. The Morgan fingerprint density at radius 3 is 2.56 bits per heavy atom. The Hall–Kier alpha value is -5.24. The number of hydrogen-bond acceptors (Lipinski definition) is 14. The highest BCUT2D eigenvalue weighted by Gasteiger charge is 2.47. The fraction of sp³-hybridized carbons (Fsp3) is 0.351. The van der Waals surface area contributed by atoms with Crippen molar-refractivity contribution in [3.05, 3.63) is 87.5 Å². The van der Waals surface area contributed by atoms with Gasteiger partial charge in [0.2, 0.25) is 12.2 Å². The average Bonchev–Trinajstić information content (AvgIpc) is 3.59. The molecule has 1 fully saturated rings. The van der Waals surface area contributed by atoms with Crippen LogP contribution >= 0.6 is 0 Å². The van der Waals surface area contributed by atoms with E-state index >= 15 is 0 Å². The maximum absolute atomic E-state index is 14.4. The first-order valence-electron chi connectivity index (χ1n) is 17.3. The van der Waals surface area contributed by atoms with Crippen molar-refractivity contribution < 1.29 is 64.1 Å². The first-order valence-corrected chi connectivity index (χ1v) is 17.3. The predicted molar refractivity (Wildman–Crippen MR) is 185 cm³/mol. The topological polar surface area (TPSA) is 261 Å². The molecule has 3 aromatic rings. The number of amidine groups is 1. The summed E-state index contributed by atoms with van der Waals surface area (Å²) >= 11 is 0. The molecule has 0 spiro atoms. The summed E-state index contributed by atoms with van der Waals surface area (Å²) in [4.78, 5) is 41.5. The number of guanidine groups is 1. The van der Waals surface area contributed by atoms with Gasteiger partial charge in [-0.15, -0.1) is 0 Å². The number of ketones is 2. The lowest BCUT2D eigenvalue weighted by Crippen LogP contribution is -3.09. The van der Waals surface area contributed by atoms with Crippen LogP contribution in [0.25, 0.3) is 0 Å². The smallest absolute Gasteiger partial charge is 0.262 e. The number of nitrogens with zero attached hydrogens (tertiary/aromatic N) is 3. The van der Waals surface area contributed by atoms with Gasteiger partial charge >= 0.3 is 0 Å². The Balaban J connectivity index is 1.36. The zero-order valence-electron chi connectivity index (χ0n) is 28.5. The molecule has 17 nitrogen and oxygen atoms in total. The number of carbonyl (C=O) groups excluding carboxylic acids is 2. The summed E-state index contributed by atoms with van der Waals surface area (Å²) in [5.41, 5.74) is 1.83. The molecule has 5 aliphatic rings. The van der Waals surface area contributed by atoms with Crippen LogP contribution in [0.1, 0.15) is 60.9 Å². The number of quaternary nitrogens is 1. The molecule has 7 N–H and O–H groups in total. The third kappa shape index (κ3) is 5.91. The molecule has 1 unspecified atom stereocenters. The Kier molecular flexibility index (Phi) is 9.41. The molecule has 0 radical (unpaired) electrons. The van der Waals surface area contributed by atoms with Gasteiger partial charge in [0.05, 0.1) is 25.4 Å². The monoisotopic (exact) mass is 741 g/mol. The van der Waals surface area contributed by atoms with Crippen molar-refractivity contribution in [2.45, 2.75) is 49.7 Å². The van der Waals surface area contributed by atoms with Crippen LogP contribution in [0.4, 0.5) is 5.69 Å². The van der Waals surface area contributed by atoms with E-state index in [1.165, 1.54) is 18.2 Å². The Morgan fingerprint density at radius 1 is 0.944 bits per heavy atom. The number of nitrogens with one attached hydrogen (secondary N) is 2. The van der Waals surface area contributed by atoms with Crippen LogP contribution in [-0.2, 0) is 16.1 Å². The Morgan fingerprint density at radius 2 is 1.76 bits per heavy atom. The van der Waals surface area contributed by atoms with E-state index < -0.39 is 66.7 Å². The lowest BCUT2D eigenvalue weighted by Gasteiger charge is -2.40. The summed E-state index contributed by atoms with van der Waals surface area (Å²) < 4.78 is 24.4. The second kappa shape index (κ2) is 14.2. The average molecular weight is 742 g/mol. The summed E-state index contributed by atoms with van der Waals surface area (Å²) in [6, 6.07) is 13.1. The molecule has 4 aliphatic heterocycles. The molecule has 280 valence electrons. The van der Waals surface area contributed by atoms with Gasteiger partial charge in [-0.1, -0.05) is 24.3 Å². The zero-order valence-corrected chi connectivity index (χ0v) is 28.5. The minimum absolute atomic E-state index is 0.0147. The summed E-state index contributed by atoms with van der Waals surface area (Å²) in [6.07, 6.45) is -7.64. The fourth-order valence-electron chi connectivity index (χ4n) is 7.54. The molecular weight excluding hydrogens is 706 g/mol. The van der Waals surface area contributed by atoms with E-state index in [0.717, 1.165) is 0 Å². The molecule has 7 atom stereocenters. The first kappa shape index (κ1) is 35.8. The molecule has 54 heavy (non-hydrogen) atoms. The van der Waals surface area contributed by atoms with E-state index in [4.69, 9.17) is 24.4 Å². The van der Waals surface area contributed by atoms with Crippen molar-refractivity contribution in [3.63, 3.8) is 0 Å². The molecular formula is C37H35N5O12. The van der Waals surface area contributed by atoms with Crippen molar-refractivity contribution >= 4 is 40.7 Å². The molecule has 0 aromatic heterocycles. The summed E-state index contributed by atoms with van der Waals surface area (Å²) in [7, 11) is 0. The van der Waals surface area contributed by atoms with Gasteiger partial charge in [-0.2, -0.15) is 4.99 Å². The van der Waals surface area contributed by atoms with E-state index in [1.54, 1.807) is 24.3 Å². The van der Waals surface area contributed by atoms with E-state index in [1.807, 2.05) is 6.07 Å². The number of ether oxygens (including phenoxy) is 4. The number of hydrogen-bond donors (Lipinski definition) is 7. The molecule has 8 rings (SSSR count). The third-order valence-corrected chi connectivity index (χ3v) is 10.1. The molecule has 17 heteroatoms. The second-order valence-corrected chi connectivity index (χ2v) is 13.3. The third-order valence-electron chi connectivity index (χ3n) is 10.1. The van der Waals surface area contributed by atoms with E-state index in [9.17, 15) is 40.2 Å². The van der Waals surface area contributed by atoms with Gasteiger partial charge in [0, 0.05) is 46.2 Å². The lowest BCUT2D eigenvalue weighted by molar-refractivity contribution is -0.723. The second-order valence-electron chi connectivity index (χ2n) is 13.3. The highest BCUT2D eigenvalue weighted by atomic mass is 16.7. The van der Waals surface area contributed by atoms with Crippen LogP contribution in [0.3, 0.4) is 0 Å². The standard InChI is InChI=1S/C37H35N5O12/c38-37-40-34-26(35(50)41-37)39-15-42(34)23-4-2-1-3-18(23)17-7-9-51-14-24-29(47)30(48)31(49)36(53-24)54-32-21(17)12-22-25(33(32)52-10-8-43)28(46)20-11-16(13-44)5-6-19(20)27(22)45/h1-6,11-12,17,24,29-31,36,43-44,47-49H,7-10,13-15H2,(H2,38,41,50)/t17-,24+,29-,30+,31-,36+/m0/s1. The van der Waals surface area contributed by atoms with E-state index in [2.05, 4.69) is 15.0 Å². The number of rotatable bonds is 6. The van der Waals surface area contributed by atoms with E-state index in [-0.39, 0.29) is 90.4 Å². The highest BCUT2D eigenvalue weighted by Crippen LogP contribution is 2.49. The van der Waals surface area contributed by atoms with Gasteiger partial charge in [-0.3, -0.25) is 15.0 Å². The van der Waals surface area contributed by atoms with Crippen LogP contribution in [-0.4, -0.2) is 124 Å². The maximum Gasteiger partial charge on any atom is 0.262 e. The summed E-state index contributed by atoms with van der Waals surface area (Å²) in [6.45, 7) is -1.33. The van der Waals surface area contributed by atoms with Crippen LogP contribution < -0.4 is 19.5 Å². The van der Waals surface area contributed by atoms with Crippen molar-refractivity contribution in [2.24, 2.45) is 15.0 Å². The van der Waals surface area contributed by atoms with Crippen LogP contribution in [0.5, 0.6) is 11.5 Å². The van der Waals surface area contributed by atoms with Crippen molar-refractivity contribution in [2.75, 3.05) is 33.1 Å². The van der Waals surface area contributed by atoms with Gasteiger partial charge in [0.1, 0.15) is 36.7 Å². The number of aliphatic hydroxyl groups excluding tert-OH is 5. The summed E-state index contributed by atoms with van der Waals surface area (Å²) in [5, 5.41) is 73.2. The van der Waals surface area contributed by atoms with Crippen molar-refractivity contribution in [1.82, 2.24) is 0 Å². The van der Waals surface area contributed by atoms with Crippen LogP contribution in [0, 0.1) is 5.41 Å². The number of para-hydroxylation sites is 1. The zero-order chi connectivity index (χ0) is 37.8. The molecule has 1 saturated heterocycles. The van der Waals surface area contributed by atoms with Crippen molar-refractivity contribution in [1.29, 1.82) is 5.41 Å². The number of aliphatic imine (C=N–C) groups is 3. The van der Waals surface area contributed by atoms with Gasteiger partial charge < -0.3 is 49.6 Å². The number of fused-ring (bicyclic) bond motifs is 6. The number of carbonyl (C=O) groups is 2. The number of benzene rings is 3. The van der Waals surface area contributed by atoms with Crippen molar-refractivity contribution in [3.8, 4) is 11.5 Å². The molecule has 2 bridgehead atoms. The largest absolute Gasteiger partial charge is 0.857 e. The minimum atomic E-state index is -1.80. The van der Waals surface area contributed by atoms with Crippen LogP contribution in [0.2, 0.25) is 0 Å².